The van der Waals surface area contributed by atoms with Gasteiger partial charge in [-0.3, -0.25) is 9.69 Å². The normalized spacial score (nSPS) is 15.2. The predicted octanol–water partition coefficient (Wildman–Crippen LogP) is 7.72. The summed E-state index contributed by atoms with van der Waals surface area (Å²) >= 11 is 0. The molecule has 0 atom stereocenters. The van der Waals surface area contributed by atoms with Gasteiger partial charge in [0, 0.05) is 43.3 Å². The summed E-state index contributed by atoms with van der Waals surface area (Å²) in [5.74, 6) is 1.68. The highest BCUT2D eigenvalue weighted by atomic mass is 16.7. The highest BCUT2D eigenvalue weighted by Gasteiger charge is 2.29. The van der Waals surface area contributed by atoms with Gasteiger partial charge in [-0.15, -0.1) is 0 Å². The number of fused-ring (bicyclic) bond motifs is 1. The first-order valence-electron chi connectivity index (χ1n) is 15.3. The van der Waals surface area contributed by atoms with Crippen LogP contribution in [0.5, 0.6) is 11.5 Å². The van der Waals surface area contributed by atoms with E-state index in [2.05, 4.69) is 59.2 Å². The number of benzene rings is 3. The fourth-order valence-electron chi connectivity index (χ4n) is 6.03. The molecule has 6 rings (SSSR count). The monoisotopic (exact) mass is 564 g/mol. The first kappa shape index (κ1) is 28.1. The minimum absolute atomic E-state index is 0.114. The molecule has 1 fully saturated rings. The summed E-state index contributed by atoms with van der Waals surface area (Å²) < 4.78 is 16.3. The highest BCUT2D eigenvalue weighted by molar-refractivity contribution is 5.94. The summed E-state index contributed by atoms with van der Waals surface area (Å²) in [4.78, 5) is 18.6. The standard InChI is InChI=1S/C36H40N2O4/c1-2-3-4-5-27-6-12-31(13-7-27)36(39)38(33-16-19-37(20-17-33)23-29-18-21-40-25-29)24-28-8-10-30(11-9-28)32-14-15-34-35(22-32)42-26-41-34/h6-15,18,21-22,25,33H,2-5,16-17,19-20,23-24,26H2,1H3. The van der Waals surface area contributed by atoms with Crippen molar-refractivity contribution in [2.75, 3.05) is 19.9 Å². The Morgan fingerprint density at radius 3 is 2.31 bits per heavy atom. The zero-order chi connectivity index (χ0) is 28.7. The van der Waals surface area contributed by atoms with Crippen molar-refractivity contribution in [1.29, 1.82) is 0 Å². The van der Waals surface area contributed by atoms with E-state index in [0.717, 1.165) is 72.6 Å². The number of piperidine rings is 1. The van der Waals surface area contributed by atoms with Crippen LogP contribution < -0.4 is 9.47 Å². The number of furan rings is 1. The number of hydrogen-bond donors (Lipinski definition) is 0. The second-order valence-corrected chi connectivity index (χ2v) is 11.5. The zero-order valence-corrected chi connectivity index (χ0v) is 24.5. The molecule has 218 valence electrons. The molecule has 0 bridgehead atoms. The number of likely N-dealkylation sites (tertiary alicyclic amines) is 1. The van der Waals surface area contributed by atoms with Crippen molar-refractivity contribution in [2.45, 2.75) is 64.6 Å². The Morgan fingerprint density at radius 1 is 0.833 bits per heavy atom. The molecule has 3 heterocycles. The zero-order valence-electron chi connectivity index (χ0n) is 24.5. The van der Waals surface area contributed by atoms with Crippen LogP contribution >= 0.6 is 0 Å². The first-order chi connectivity index (χ1) is 20.7. The fourth-order valence-corrected chi connectivity index (χ4v) is 6.03. The molecule has 0 unspecified atom stereocenters. The number of hydrogen-bond acceptors (Lipinski definition) is 5. The summed E-state index contributed by atoms with van der Waals surface area (Å²) in [6, 6.07) is 25.1. The van der Waals surface area contributed by atoms with Gasteiger partial charge >= 0.3 is 0 Å². The van der Waals surface area contributed by atoms with Crippen molar-refractivity contribution in [3.05, 3.63) is 108 Å². The quantitative estimate of drug-likeness (QED) is 0.175. The van der Waals surface area contributed by atoms with Crippen molar-refractivity contribution < 1.29 is 18.7 Å². The molecule has 1 aromatic heterocycles. The van der Waals surface area contributed by atoms with Gasteiger partial charge in [-0.25, -0.2) is 0 Å². The van der Waals surface area contributed by atoms with E-state index in [1.54, 1.807) is 6.26 Å². The van der Waals surface area contributed by atoms with E-state index < -0.39 is 0 Å². The predicted molar refractivity (Wildman–Crippen MR) is 165 cm³/mol. The maximum absolute atomic E-state index is 14.0. The van der Waals surface area contributed by atoms with E-state index in [9.17, 15) is 4.79 Å². The lowest BCUT2D eigenvalue weighted by molar-refractivity contribution is 0.0542. The first-order valence-corrected chi connectivity index (χ1v) is 15.3. The van der Waals surface area contributed by atoms with E-state index in [-0.39, 0.29) is 18.7 Å². The van der Waals surface area contributed by atoms with Crippen molar-refractivity contribution in [1.82, 2.24) is 9.80 Å². The van der Waals surface area contributed by atoms with Gasteiger partial charge in [-0.05, 0) is 78.3 Å². The molecule has 6 nitrogen and oxygen atoms in total. The topological polar surface area (TPSA) is 55.2 Å². The number of amides is 1. The van der Waals surface area contributed by atoms with Crippen molar-refractivity contribution in [2.24, 2.45) is 0 Å². The number of nitrogens with zero attached hydrogens (tertiary/aromatic N) is 2. The smallest absolute Gasteiger partial charge is 0.254 e. The molecule has 3 aromatic carbocycles. The van der Waals surface area contributed by atoms with Gasteiger partial charge in [0.1, 0.15) is 0 Å². The second kappa shape index (κ2) is 13.3. The largest absolute Gasteiger partial charge is 0.472 e. The Kier molecular flexibility index (Phi) is 8.90. The van der Waals surface area contributed by atoms with Crippen molar-refractivity contribution >= 4 is 5.91 Å². The van der Waals surface area contributed by atoms with Crippen LogP contribution in [0.1, 0.15) is 66.1 Å². The average molecular weight is 565 g/mol. The summed E-state index contributed by atoms with van der Waals surface area (Å²) in [7, 11) is 0. The number of carbonyl (C=O) groups is 1. The third-order valence-corrected chi connectivity index (χ3v) is 8.53. The maximum atomic E-state index is 14.0. The molecule has 4 aromatic rings. The minimum atomic E-state index is 0.114. The van der Waals surface area contributed by atoms with Gasteiger partial charge in [-0.1, -0.05) is 62.2 Å². The lowest BCUT2D eigenvalue weighted by Crippen LogP contribution is -2.46. The molecule has 0 spiro atoms. The molecule has 42 heavy (non-hydrogen) atoms. The van der Waals surface area contributed by atoms with Crippen LogP contribution in [0.25, 0.3) is 11.1 Å². The summed E-state index contributed by atoms with van der Waals surface area (Å²) in [6.07, 6.45) is 10.2. The van der Waals surface area contributed by atoms with Crippen molar-refractivity contribution in [3.8, 4) is 22.6 Å². The van der Waals surface area contributed by atoms with Crippen LogP contribution in [-0.2, 0) is 19.5 Å². The molecule has 6 heteroatoms. The molecule has 0 radical (unpaired) electrons. The van der Waals surface area contributed by atoms with Crippen LogP contribution in [0.4, 0.5) is 0 Å². The van der Waals surface area contributed by atoms with Crippen LogP contribution in [0.3, 0.4) is 0 Å². The lowest BCUT2D eigenvalue weighted by Gasteiger charge is -2.38. The third kappa shape index (κ3) is 6.71. The Morgan fingerprint density at radius 2 is 1.57 bits per heavy atom. The van der Waals surface area contributed by atoms with Crippen molar-refractivity contribution in [3.63, 3.8) is 0 Å². The molecule has 2 aliphatic rings. The summed E-state index contributed by atoms with van der Waals surface area (Å²) in [6.45, 7) is 5.88. The number of carbonyl (C=O) groups excluding carboxylic acids is 1. The summed E-state index contributed by atoms with van der Waals surface area (Å²) in [5.41, 5.74) is 6.60. The average Bonchev–Trinajstić information content (AvgIpc) is 3.73. The Hall–Kier alpha value is -4.03. The number of aryl methyl sites for hydroxylation is 1. The molecule has 1 amide bonds. The van der Waals surface area contributed by atoms with E-state index in [1.165, 1.54) is 30.4 Å². The van der Waals surface area contributed by atoms with E-state index in [1.807, 2.05) is 36.6 Å². The maximum Gasteiger partial charge on any atom is 0.254 e. The molecule has 1 saturated heterocycles. The van der Waals surface area contributed by atoms with Gasteiger partial charge in [0.2, 0.25) is 6.79 Å². The Balaban J connectivity index is 1.17. The highest BCUT2D eigenvalue weighted by Crippen LogP contribution is 2.36. The fraction of sp³-hybridized carbons (Fsp3) is 0.361. The summed E-state index contributed by atoms with van der Waals surface area (Å²) in [5, 5.41) is 0. The van der Waals surface area contributed by atoms with Gasteiger partial charge in [0.15, 0.2) is 11.5 Å². The van der Waals surface area contributed by atoms with E-state index in [4.69, 9.17) is 13.9 Å². The number of ether oxygens (including phenoxy) is 2. The van der Waals surface area contributed by atoms with E-state index in [0.29, 0.717) is 6.54 Å². The van der Waals surface area contributed by atoms with Gasteiger partial charge in [-0.2, -0.15) is 0 Å². The van der Waals surface area contributed by atoms with Crippen LogP contribution in [0.15, 0.2) is 89.7 Å². The SMILES string of the molecule is CCCCCc1ccc(C(=O)N(Cc2ccc(-c3ccc4c(c3)OCO4)cc2)C2CCN(Cc3ccoc3)CC2)cc1. The van der Waals surface area contributed by atoms with E-state index >= 15 is 0 Å². The second-order valence-electron chi connectivity index (χ2n) is 11.5. The number of rotatable bonds is 11. The van der Waals surface area contributed by atoms with Gasteiger partial charge in [0.05, 0.1) is 12.5 Å². The molecule has 0 aliphatic carbocycles. The Bertz CT molecular complexity index is 1440. The van der Waals surface area contributed by atoms with Crippen LogP contribution in [0, 0.1) is 0 Å². The number of unbranched alkanes of at least 4 members (excludes halogenated alkanes) is 2. The van der Waals surface area contributed by atoms with Gasteiger partial charge < -0.3 is 18.8 Å². The van der Waals surface area contributed by atoms with Gasteiger partial charge in [0.25, 0.3) is 5.91 Å². The molecule has 0 N–H and O–H groups in total. The van der Waals surface area contributed by atoms with Crippen LogP contribution in [0.2, 0.25) is 0 Å². The Labute approximate surface area is 248 Å². The molecular formula is C36H40N2O4. The van der Waals surface area contributed by atoms with Crippen LogP contribution in [-0.4, -0.2) is 41.6 Å². The molecule has 0 saturated carbocycles. The lowest BCUT2D eigenvalue weighted by atomic mass is 9.99. The minimum Gasteiger partial charge on any atom is -0.472 e. The third-order valence-electron chi connectivity index (χ3n) is 8.53. The molecular weight excluding hydrogens is 524 g/mol. The molecule has 2 aliphatic heterocycles.